The molecule has 1 saturated heterocycles. The predicted octanol–water partition coefficient (Wildman–Crippen LogP) is 6.41. The molecule has 2 N–H and O–H groups in total. The molecule has 5 rings (SSSR count). The lowest BCUT2D eigenvalue weighted by molar-refractivity contribution is -0.140. The molecule has 2 aliphatic rings. The fourth-order valence-corrected chi connectivity index (χ4v) is 5.43. The van der Waals surface area contributed by atoms with Crippen LogP contribution >= 0.6 is 11.8 Å². The van der Waals surface area contributed by atoms with Gasteiger partial charge in [0.25, 0.3) is 5.91 Å². The van der Waals surface area contributed by atoms with Crippen LogP contribution in [-0.4, -0.2) is 33.3 Å². The summed E-state index contributed by atoms with van der Waals surface area (Å²) >= 11 is 1.37. The summed E-state index contributed by atoms with van der Waals surface area (Å²) < 4.78 is 68.7. The molecular formula is C27H23F5N4OS. The molecule has 11 heteroatoms. The van der Waals surface area contributed by atoms with Gasteiger partial charge in [-0.2, -0.15) is 13.2 Å². The van der Waals surface area contributed by atoms with Crippen molar-refractivity contribution in [3.05, 3.63) is 88.7 Å². The molecule has 5 nitrogen and oxygen atoms in total. The molecule has 2 aromatic carbocycles. The Hall–Kier alpha value is -3.47. The zero-order valence-electron chi connectivity index (χ0n) is 20.0. The van der Waals surface area contributed by atoms with Gasteiger partial charge in [0.15, 0.2) is 22.5 Å². The van der Waals surface area contributed by atoms with Gasteiger partial charge in [0.2, 0.25) is 0 Å². The average Bonchev–Trinajstić information content (AvgIpc) is 3.65. The smallest absolute Gasteiger partial charge is 0.347 e. The summed E-state index contributed by atoms with van der Waals surface area (Å²) in [5.41, 5.74) is 0.0491. The first-order valence-corrected chi connectivity index (χ1v) is 13.0. The second-order valence-corrected chi connectivity index (χ2v) is 10.4. The number of amidine groups is 1. The molecule has 0 radical (unpaired) electrons. The third-order valence-electron chi connectivity index (χ3n) is 6.59. The fourth-order valence-electron chi connectivity index (χ4n) is 4.58. The number of carbonyl (C=O) groups excluding carboxylic acids is 1. The van der Waals surface area contributed by atoms with Gasteiger partial charge in [-0.25, -0.2) is 8.78 Å². The average molecular weight is 547 g/mol. The summed E-state index contributed by atoms with van der Waals surface area (Å²) in [6.45, 7) is 0.854. The van der Waals surface area contributed by atoms with Gasteiger partial charge >= 0.3 is 6.18 Å². The van der Waals surface area contributed by atoms with Gasteiger partial charge in [-0.3, -0.25) is 15.2 Å². The molecule has 1 aromatic heterocycles. The molecule has 38 heavy (non-hydrogen) atoms. The number of carbonyl (C=O) groups is 1. The second-order valence-electron chi connectivity index (χ2n) is 9.35. The van der Waals surface area contributed by atoms with Crippen LogP contribution in [-0.2, 0) is 12.7 Å². The highest BCUT2D eigenvalue weighted by Gasteiger charge is 2.36. The van der Waals surface area contributed by atoms with E-state index in [0.29, 0.717) is 22.8 Å². The topological polar surface area (TPSA) is 69.1 Å². The van der Waals surface area contributed by atoms with E-state index in [1.165, 1.54) is 36.0 Å². The Labute approximate surface area is 220 Å². The van der Waals surface area contributed by atoms with Gasteiger partial charge in [0.05, 0.1) is 6.04 Å². The van der Waals surface area contributed by atoms with E-state index >= 15 is 0 Å². The molecule has 0 spiro atoms. The maximum absolute atomic E-state index is 13.9. The predicted molar refractivity (Wildman–Crippen MR) is 135 cm³/mol. The lowest BCUT2D eigenvalue weighted by atomic mass is 9.96. The zero-order chi connectivity index (χ0) is 27.0. The van der Waals surface area contributed by atoms with Gasteiger partial charge in [-0.15, -0.1) is 0 Å². The summed E-state index contributed by atoms with van der Waals surface area (Å²) in [5, 5.41) is 11.3. The minimum absolute atomic E-state index is 0.0451. The number of thioether (sulfide) groups is 1. The van der Waals surface area contributed by atoms with Crippen LogP contribution in [0.1, 0.15) is 46.1 Å². The van der Waals surface area contributed by atoms with Crippen molar-refractivity contribution >= 4 is 22.8 Å². The summed E-state index contributed by atoms with van der Waals surface area (Å²) in [6, 6.07) is 10.2. The molecule has 1 aliphatic carbocycles. The quantitative estimate of drug-likeness (QED) is 0.336. The Morgan fingerprint density at radius 1 is 1.13 bits per heavy atom. The third kappa shape index (κ3) is 5.67. The molecule has 2 heterocycles. The Morgan fingerprint density at radius 2 is 1.92 bits per heavy atom. The highest BCUT2D eigenvalue weighted by atomic mass is 32.2. The van der Waals surface area contributed by atoms with E-state index < -0.39 is 35.5 Å². The van der Waals surface area contributed by atoms with Crippen molar-refractivity contribution in [3.63, 3.8) is 0 Å². The Bertz CT molecular complexity index is 1390. The highest BCUT2D eigenvalue weighted by molar-refractivity contribution is 8.14. The van der Waals surface area contributed by atoms with Crippen molar-refractivity contribution in [2.24, 2.45) is 5.92 Å². The monoisotopic (exact) mass is 546 g/mol. The molecular weight excluding hydrogens is 523 g/mol. The first-order valence-electron chi connectivity index (χ1n) is 12.0. The largest absolute Gasteiger partial charge is 0.433 e. The first kappa shape index (κ1) is 26.1. The number of amides is 1. The highest BCUT2D eigenvalue weighted by Crippen LogP contribution is 2.42. The number of pyridine rings is 1. The summed E-state index contributed by atoms with van der Waals surface area (Å²) in [6.07, 6.45) is -2.04. The standard InChI is InChI=1S/C27H23F5N4OS/c28-21-6-5-17(13-22(21)29)23(16-3-4-16)35-25(37)19-11-15(14-36-8-9-38-26(36)33)10-18(12-19)20-2-1-7-34-24(20)27(30,31)32/h1-2,5-7,10-13,16,23,33H,3-4,8-9,14H2,(H,35,37)/t23-/m0/s1. The number of rotatable bonds is 7. The molecule has 0 bridgehead atoms. The van der Waals surface area contributed by atoms with Gasteiger partial charge < -0.3 is 10.2 Å². The molecule has 198 valence electrons. The SMILES string of the molecule is N=C1SCCN1Cc1cc(C(=O)N[C@H](c2ccc(F)c(F)c2)C2CC2)cc(-c2cccnc2C(F)(F)F)c1. The number of benzene rings is 2. The number of alkyl halides is 3. The molecule has 3 aromatic rings. The Kier molecular flexibility index (Phi) is 7.13. The lowest BCUT2D eigenvalue weighted by Gasteiger charge is -2.21. The normalized spacial score (nSPS) is 16.6. The number of nitrogens with zero attached hydrogens (tertiary/aromatic N) is 2. The molecule has 1 amide bonds. The van der Waals surface area contributed by atoms with Crippen LogP contribution < -0.4 is 5.32 Å². The molecule has 1 saturated carbocycles. The van der Waals surface area contributed by atoms with Crippen LogP contribution in [0.4, 0.5) is 22.0 Å². The zero-order valence-corrected chi connectivity index (χ0v) is 20.8. The summed E-state index contributed by atoms with van der Waals surface area (Å²) in [7, 11) is 0. The molecule has 1 atom stereocenters. The van der Waals surface area contributed by atoms with Crippen LogP contribution in [0.25, 0.3) is 11.1 Å². The number of nitrogens with one attached hydrogen (secondary N) is 2. The number of hydrogen-bond donors (Lipinski definition) is 2. The van der Waals surface area contributed by atoms with Gasteiger partial charge in [-0.05, 0) is 71.8 Å². The lowest BCUT2D eigenvalue weighted by Crippen LogP contribution is -2.30. The van der Waals surface area contributed by atoms with E-state index in [9.17, 15) is 26.7 Å². The van der Waals surface area contributed by atoms with Crippen LogP contribution in [0.5, 0.6) is 0 Å². The Morgan fingerprint density at radius 3 is 2.58 bits per heavy atom. The minimum atomic E-state index is -4.70. The van der Waals surface area contributed by atoms with Crippen LogP contribution in [0.2, 0.25) is 0 Å². The minimum Gasteiger partial charge on any atom is -0.347 e. The first-order chi connectivity index (χ1) is 18.1. The van der Waals surface area contributed by atoms with E-state index in [4.69, 9.17) is 5.41 Å². The van der Waals surface area contributed by atoms with Crippen molar-refractivity contribution in [1.82, 2.24) is 15.2 Å². The number of aromatic nitrogens is 1. The van der Waals surface area contributed by atoms with E-state index in [1.807, 2.05) is 0 Å². The van der Waals surface area contributed by atoms with E-state index in [-0.39, 0.29) is 29.2 Å². The molecule has 0 unspecified atom stereocenters. The van der Waals surface area contributed by atoms with E-state index in [0.717, 1.165) is 36.9 Å². The van der Waals surface area contributed by atoms with Crippen molar-refractivity contribution < 1.29 is 26.7 Å². The number of halogens is 5. The summed E-state index contributed by atoms with van der Waals surface area (Å²) in [5.74, 6) is -1.78. The fraction of sp³-hybridized carbons (Fsp3) is 0.296. The third-order valence-corrected chi connectivity index (χ3v) is 7.50. The van der Waals surface area contributed by atoms with Crippen molar-refractivity contribution in [2.45, 2.75) is 31.6 Å². The van der Waals surface area contributed by atoms with Crippen molar-refractivity contribution in [1.29, 1.82) is 5.41 Å². The van der Waals surface area contributed by atoms with Crippen molar-refractivity contribution in [3.8, 4) is 11.1 Å². The van der Waals surface area contributed by atoms with Crippen LogP contribution in [0.15, 0.2) is 54.7 Å². The van der Waals surface area contributed by atoms with Crippen molar-refractivity contribution in [2.75, 3.05) is 12.3 Å². The maximum Gasteiger partial charge on any atom is 0.433 e. The molecule has 1 aliphatic heterocycles. The second kappa shape index (κ2) is 10.4. The van der Waals surface area contributed by atoms with E-state index in [2.05, 4.69) is 10.3 Å². The Balaban J connectivity index is 1.52. The van der Waals surface area contributed by atoms with Crippen LogP contribution in [0, 0.1) is 23.0 Å². The van der Waals surface area contributed by atoms with Gasteiger partial charge in [0.1, 0.15) is 0 Å². The van der Waals surface area contributed by atoms with Gasteiger partial charge in [0, 0.05) is 36.2 Å². The maximum atomic E-state index is 13.9. The summed E-state index contributed by atoms with van der Waals surface area (Å²) in [4.78, 5) is 18.8. The van der Waals surface area contributed by atoms with Crippen LogP contribution in [0.3, 0.4) is 0 Å². The number of hydrogen-bond acceptors (Lipinski definition) is 4. The molecule has 2 fully saturated rings. The van der Waals surface area contributed by atoms with Gasteiger partial charge in [-0.1, -0.05) is 23.9 Å². The van der Waals surface area contributed by atoms with E-state index in [1.54, 1.807) is 17.0 Å².